The zero-order chi connectivity index (χ0) is 18.0. The van der Waals surface area contributed by atoms with Crippen LogP contribution in [0, 0.1) is 12.7 Å². The number of hydrogen-bond donors (Lipinski definition) is 2. The molecule has 2 N–H and O–H groups in total. The molecule has 0 spiro atoms. The van der Waals surface area contributed by atoms with Crippen molar-refractivity contribution in [2.24, 2.45) is 0 Å². The minimum Gasteiger partial charge on any atom is -0.408 e. The maximum absolute atomic E-state index is 14.4. The Morgan fingerprint density at radius 2 is 2.08 bits per heavy atom. The standard InChI is InChI=1S/C14H14FN5O4S/c1-7-17-18-13(24-7)20-10-6-11(8(15)5-9(10)16-12(20)21)25(22,23)19-14(2)3-4-14/h5-6,19H,3-4H2,1-2H3,(H,16,21). The van der Waals surface area contributed by atoms with E-state index < -0.39 is 32.0 Å². The van der Waals surface area contributed by atoms with E-state index in [4.69, 9.17) is 4.42 Å². The molecule has 1 aromatic carbocycles. The molecule has 0 saturated heterocycles. The normalized spacial score (nSPS) is 16.4. The van der Waals surface area contributed by atoms with Crippen LogP contribution in [0.4, 0.5) is 4.39 Å². The van der Waals surface area contributed by atoms with Crippen LogP contribution in [0.3, 0.4) is 0 Å². The summed E-state index contributed by atoms with van der Waals surface area (Å²) in [7, 11) is -4.08. The van der Waals surface area contributed by atoms with E-state index in [2.05, 4.69) is 19.9 Å². The topological polar surface area (TPSA) is 123 Å². The fourth-order valence-electron chi connectivity index (χ4n) is 2.55. The molecule has 25 heavy (non-hydrogen) atoms. The van der Waals surface area contributed by atoms with Crippen molar-refractivity contribution >= 4 is 21.1 Å². The molecule has 3 aromatic rings. The Morgan fingerprint density at radius 3 is 2.68 bits per heavy atom. The van der Waals surface area contributed by atoms with Gasteiger partial charge in [-0.3, -0.25) is 0 Å². The molecule has 4 rings (SSSR count). The molecule has 2 aromatic heterocycles. The summed E-state index contributed by atoms with van der Waals surface area (Å²) in [6.45, 7) is 3.29. The third-order valence-electron chi connectivity index (χ3n) is 4.11. The summed E-state index contributed by atoms with van der Waals surface area (Å²) < 4.78 is 48.1. The summed E-state index contributed by atoms with van der Waals surface area (Å²) in [5, 5.41) is 7.39. The number of sulfonamides is 1. The van der Waals surface area contributed by atoms with Gasteiger partial charge in [0.2, 0.25) is 15.9 Å². The van der Waals surface area contributed by atoms with Crippen LogP contribution in [0.15, 0.2) is 26.2 Å². The van der Waals surface area contributed by atoms with Gasteiger partial charge in [-0.1, -0.05) is 5.10 Å². The van der Waals surface area contributed by atoms with Crippen molar-refractivity contribution in [2.45, 2.75) is 37.1 Å². The molecule has 0 unspecified atom stereocenters. The number of nitrogens with zero attached hydrogens (tertiary/aromatic N) is 3. The second-order valence-corrected chi connectivity index (χ2v) is 7.99. The van der Waals surface area contributed by atoms with Gasteiger partial charge in [0, 0.05) is 18.5 Å². The van der Waals surface area contributed by atoms with Gasteiger partial charge in [0.25, 0.3) is 0 Å². The number of hydrogen-bond acceptors (Lipinski definition) is 6. The van der Waals surface area contributed by atoms with Gasteiger partial charge in [-0.2, -0.15) is 0 Å². The van der Waals surface area contributed by atoms with Gasteiger partial charge in [0.15, 0.2) is 0 Å². The van der Waals surface area contributed by atoms with E-state index in [0.717, 1.165) is 16.7 Å². The number of imidazole rings is 1. The van der Waals surface area contributed by atoms with Gasteiger partial charge in [0.05, 0.1) is 11.0 Å². The van der Waals surface area contributed by atoms with Gasteiger partial charge in [-0.15, -0.1) is 5.10 Å². The maximum Gasteiger partial charge on any atom is 0.334 e. The average Bonchev–Trinajstić information content (AvgIpc) is 2.91. The van der Waals surface area contributed by atoms with Crippen molar-refractivity contribution in [3.63, 3.8) is 0 Å². The third kappa shape index (κ3) is 2.65. The fourth-order valence-corrected chi connectivity index (χ4v) is 4.09. The first-order chi connectivity index (χ1) is 11.7. The number of rotatable bonds is 4. The second-order valence-electron chi connectivity index (χ2n) is 6.34. The molecule has 0 aliphatic heterocycles. The van der Waals surface area contributed by atoms with E-state index in [1.165, 1.54) is 0 Å². The van der Waals surface area contributed by atoms with Crippen LogP contribution < -0.4 is 10.4 Å². The molecular formula is C14H14FN5O4S. The highest BCUT2D eigenvalue weighted by Crippen LogP contribution is 2.36. The number of halogens is 1. The number of benzene rings is 1. The fraction of sp³-hybridized carbons (Fsp3) is 0.357. The minimum absolute atomic E-state index is 0.120. The smallest absolute Gasteiger partial charge is 0.334 e. The van der Waals surface area contributed by atoms with E-state index >= 15 is 0 Å². The lowest BCUT2D eigenvalue weighted by Crippen LogP contribution is -2.34. The van der Waals surface area contributed by atoms with Crippen LogP contribution in [0.2, 0.25) is 0 Å². The molecule has 0 radical (unpaired) electrons. The summed E-state index contributed by atoms with van der Waals surface area (Å²) in [4.78, 5) is 14.0. The number of aromatic nitrogens is 4. The Kier molecular flexibility index (Phi) is 3.19. The lowest BCUT2D eigenvalue weighted by Gasteiger charge is -2.13. The van der Waals surface area contributed by atoms with E-state index in [0.29, 0.717) is 12.8 Å². The molecule has 11 heteroatoms. The third-order valence-corrected chi connectivity index (χ3v) is 5.77. The number of aryl methyl sites for hydroxylation is 1. The Morgan fingerprint density at radius 1 is 1.36 bits per heavy atom. The van der Waals surface area contributed by atoms with Crippen LogP contribution in [-0.4, -0.2) is 33.7 Å². The number of nitrogens with one attached hydrogen (secondary N) is 2. The molecule has 132 valence electrons. The van der Waals surface area contributed by atoms with Crippen LogP contribution in [0.5, 0.6) is 0 Å². The van der Waals surface area contributed by atoms with Gasteiger partial charge >= 0.3 is 11.7 Å². The van der Waals surface area contributed by atoms with Crippen LogP contribution in [-0.2, 0) is 10.0 Å². The molecule has 0 amide bonds. The molecular weight excluding hydrogens is 353 g/mol. The van der Waals surface area contributed by atoms with Crippen molar-refractivity contribution in [2.75, 3.05) is 0 Å². The minimum atomic E-state index is -4.08. The van der Waals surface area contributed by atoms with E-state index in [1.807, 2.05) is 0 Å². The van der Waals surface area contributed by atoms with Gasteiger partial charge in [0.1, 0.15) is 10.7 Å². The molecule has 1 fully saturated rings. The van der Waals surface area contributed by atoms with Crippen LogP contribution in [0.1, 0.15) is 25.7 Å². The van der Waals surface area contributed by atoms with Crippen molar-refractivity contribution in [3.8, 4) is 6.01 Å². The first-order valence-corrected chi connectivity index (χ1v) is 8.96. The van der Waals surface area contributed by atoms with Crippen LogP contribution in [0.25, 0.3) is 17.0 Å². The van der Waals surface area contributed by atoms with E-state index in [9.17, 15) is 17.6 Å². The lowest BCUT2D eigenvalue weighted by atomic mass is 10.3. The molecule has 1 saturated carbocycles. The summed E-state index contributed by atoms with van der Waals surface area (Å²) in [6.07, 6.45) is 1.37. The van der Waals surface area contributed by atoms with Crippen molar-refractivity contribution in [1.29, 1.82) is 0 Å². The van der Waals surface area contributed by atoms with Gasteiger partial charge < -0.3 is 9.40 Å². The predicted molar refractivity (Wildman–Crippen MR) is 84.4 cm³/mol. The summed E-state index contributed by atoms with van der Waals surface area (Å²) in [5.74, 6) is -0.728. The largest absolute Gasteiger partial charge is 0.408 e. The molecule has 0 atom stereocenters. The average molecular weight is 367 g/mol. The van der Waals surface area contributed by atoms with Gasteiger partial charge in [-0.25, -0.2) is 26.9 Å². The highest BCUT2D eigenvalue weighted by molar-refractivity contribution is 7.89. The molecule has 9 nitrogen and oxygen atoms in total. The van der Waals surface area contributed by atoms with E-state index in [1.54, 1.807) is 13.8 Å². The molecule has 1 aliphatic rings. The summed E-state index contributed by atoms with van der Waals surface area (Å²) >= 11 is 0. The Balaban J connectivity index is 1.92. The first kappa shape index (κ1) is 16.0. The zero-order valence-corrected chi connectivity index (χ0v) is 14.1. The Labute approximate surface area is 140 Å². The maximum atomic E-state index is 14.4. The number of aromatic amines is 1. The van der Waals surface area contributed by atoms with Crippen LogP contribution >= 0.6 is 0 Å². The summed E-state index contributed by atoms with van der Waals surface area (Å²) in [5.41, 5.74) is -0.956. The van der Waals surface area contributed by atoms with Crippen molar-refractivity contribution < 1.29 is 17.2 Å². The van der Waals surface area contributed by atoms with Crippen molar-refractivity contribution in [3.05, 3.63) is 34.3 Å². The SMILES string of the molecule is Cc1nnc(-n2c(=O)[nH]c3cc(F)c(S(=O)(=O)NC4(C)CC4)cc32)o1. The quantitative estimate of drug-likeness (QED) is 0.709. The van der Waals surface area contributed by atoms with E-state index in [-0.39, 0.29) is 22.9 Å². The zero-order valence-electron chi connectivity index (χ0n) is 13.3. The molecule has 0 bridgehead atoms. The molecule has 2 heterocycles. The Bertz CT molecular complexity index is 1160. The highest BCUT2D eigenvalue weighted by Gasteiger charge is 2.42. The number of H-pyrrole nitrogens is 1. The number of fused-ring (bicyclic) bond motifs is 1. The van der Waals surface area contributed by atoms with Crippen molar-refractivity contribution in [1.82, 2.24) is 24.5 Å². The second kappa shape index (κ2) is 4.99. The predicted octanol–water partition coefficient (Wildman–Crippen LogP) is 0.980. The highest BCUT2D eigenvalue weighted by atomic mass is 32.2. The first-order valence-electron chi connectivity index (χ1n) is 7.47. The Hall–Kier alpha value is -2.53. The van der Waals surface area contributed by atoms with Gasteiger partial charge in [-0.05, 0) is 25.8 Å². The summed E-state index contributed by atoms with van der Waals surface area (Å²) in [6, 6.07) is 1.90. The molecule has 1 aliphatic carbocycles. The monoisotopic (exact) mass is 367 g/mol. The lowest BCUT2D eigenvalue weighted by molar-refractivity contribution is 0.495.